The van der Waals surface area contributed by atoms with Crippen LogP contribution in [0.15, 0.2) is 18.2 Å². The number of esters is 1. The van der Waals surface area contributed by atoms with Crippen molar-refractivity contribution < 1.29 is 23.9 Å². The van der Waals surface area contributed by atoms with Crippen molar-refractivity contribution in [1.29, 1.82) is 0 Å². The number of halogens is 2. The third-order valence-corrected chi connectivity index (χ3v) is 4.64. The highest BCUT2D eigenvalue weighted by Gasteiger charge is 2.28. The standard InChI is InChI=1S/C18H21Cl2N3O5/c1-10(11-2-3-11)23-16(25)9-28-17(26)8-21-15(24)7-22-18(27)13-5-4-12(19)6-14(13)20/h4-6,10-11H,2-3,7-9H2,1H3,(H,21,24)(H,22,27)(H,23,25). The molecule has 1 fully saturated rings. The maximum Gasteiger partial charge on any atom is 0.325 e. The Morgan fingerprint density at radius 1 is 1.11 bits per heavy atom. The van der Waals surface area contributed by atoms with Gasteiger partial charge in [0, 0.05) is 11.1 Å². The van der Waals surface area contributed by atoms with Crippen molar-refractivity contribution in [2.24, 2.45) is 5.92 Å². The molecule has 3 amide bonds. The predicted molar refractivity (Wildman–Crippen MR) is 103 cm³/mol. The number of hydrogen-bond donors (Lipinski definition) is 3. The van der Waals surface area contributed by atoms with Crippen LogP contribution in [0.2, 0.25) is 10.0 Å². The van der Waals surface area contributed by atoms with Gasteiger partial charge in [-0.15, -0.1) is 0 Å². The molecule has 1 aromatic rings. The fourth-order valence-corrected chi connectivity index (χ4v) is 2.86. The van der Waals surface area contributed by atoms with Gasteiger partial charge in [-0.1, -0.05) is 23.2 Å². The van der Waals surface area contributed by atoms with Gasteiger partial charge in [-0.05, 0) is 43.9 Å². The zero-order valence-electron chi connectivity index (χ0n) is 15.2. The van der Waals surface area contributed by atoms with E-state index in [1.54, 1.807) is 0 Å². The van der Waals surface area contributed by atoms with Gasteiger partial charge in [0.2, 0.25) is 5.91 Å². The highest BCUT2D eigenvalue weighted by Crippen LogP contribution is 2.32. The molecule has 1 unspecified atom stereocenters. The van der Waals surface area contributed by atoms with Crippen LogP contribution in [0, 0.1) is 5.92 Å². The van der Waals surface area contributed by atoms with Gasteiger partial charge in [0.25, 0.3) is 11.8 Å². The Bertz CT molecular complexity index is 768. The number of benzene rings is 1. The molecule has 0 bridgehead atoms. The summed E-state index contributed by atoms with van der Waals surface area (Å²) < 4.78 is 4.79. The van der Waals surface area contributed by atoms with Gasteiger partial charge in [0.15, 0.2) is 6.61 Å². The van der Waals surface area contributed by atoms with E-state index in [-0.39, 0.29) is 29.1 Å². The molecule has 0 radical (unpaired) electrons. The number of nitrogens with one attached hydrogen (secondary N) is 3. The van der Waals surface area contributed by atoms with E-state index in [4.69, 9.17) is 27.9 Å². The molecule has 1 aliphatic rings. The zero-order valence-corrected chi connectivity index (χ0v) is 16.7. The number of rotatable bonds is 9. The molecule has 3 N–H and O–H groups in total. The third-order valence-electron chi connectivity index (χ3n) is 4.10. The molecule has 8 nitrogen and oxygen atoms in total. The smallest absolute Gasteiger partial charge is 0.325 e. The second-order valence-corrected chi connectivity index (χ2v) is 7.28. The van der Waals surface area contributed by atoms with Crippen LogP contribution in [0.25, 0.3) is 0 Å². The molecule has 0 saturated heterocycles. The Hall–Kier alpha value is -2.32. The predicted octanol–water partition coefficient (Wildman–Crippen LogP) is 1.30. The monoisotopic (exact) mass is 429 g/mol. The third kappa shape index (κ3) is 7.36. The maximum absolute atomic E-state index is 12.0. The average molecular weight is 430 g/mol. The molecule has 152 valence electrons. The summed E-state index contributed by atoms with van der Waals surface area (Å²) in [4.78, 5) is 46.9. The Kier molecular flexibility index (Phi) is 8.07. The van der Waals surface area contributed by atoms with Gasteiger partial charge in [-0.3, -0.25) is 19.2 Å². The number of hydrogen-bond acceptors (Lipinski definition) is 5. The first kappa shape index (κ1) is 22.0. The molecule has 0 aromatic heterocycles. The maximum atomic E-state index is 12.0. The Morgan fingerprint density at radius 3 is 2.46 bits per heavy atom. The van der Waals surface area contributed by atoms with Crippen LogP contribution in [0.3, 0.4) is 0 Å². The number of ether oxygens (including phenoxy) is 1. The van der Waals surface area contributed by atoms with E-state index in [2.05, 4.69) is 16.0 Å². The van der Waals surface area contributed by atoms with Crippen LogP contribution in [-0.2, 0) is 19.1 Å². The summed E-state index contributed by atoms with van der Waals surface area (Å²) in [5, 5.41) is 7.95. The van der Waals surface area contributed by atoms with Crippen LogP contribution in [0.5, 0.6) is 0 Å². The summed E-state index contributed by atoms with van der Waals surface area (Å²) in [6.07, 6.45) is 2.18. The summed E-state index contributed by atoms with van der Waals surface area (Å²) in [5.74, 6) is -1.79. The van der Waals surface area contributed by atoms with Crippen LogP contribution in [0.1, 0.15) is 30.1 Å². The molecule has 2 rings (SSSR count). The lowest BCUT2D eigenvalue weighted by Gasteiger charge is -2.13. The van der Waals surface area contributed by atoms with Gasteiger partial charge >= 0.3 is 5.97 Å². The summed E-state index contributed by atoms with van der Waals surface area (Å²) in [5.41, 5.74) is 0.171. The quantitative estimate of drug-likeness (QED) is 0.511. The largest absolute Gasteiger partial charge is 0.454 e. The molecule has 10 heteroatoms. The highest BCUT2D eigenvalue weighted by atomic mass is 35.5. The molecular formula is C18H21Cl2N3O5. The van der Waals surface area contributed by atoms with E-state index >= 15 is 0 Å². The number of amides is 3. The molecule has 1 aromatic carbocycles. The molecule has 28 heavy (non-hydrogen) atoms. The van der Waals surface area contributed by atoms with Crippen molar-refractivity contribution in [3.05, 3.63) is 33.8 Å². The minimum absolute atomic E-state index is 0.0589. The van der Waals surface area contributed by atoms with E-state index in [0.717, 1.165) is 12.8 Å². The minimum Gasteiger partial charge on any atom is -0.454 e. The molecule has 1 atom stereocenters. The molecule has 1 saturated carbocycles. The van der Waals surface area contributed by atoms with Crippen LogP contribution in [0.4, 0.5) is 0 Å². The Balaban J connectivity index is 1.62. The van der Waals surface area contributed by atoms with Crippen molar-refractivity contribution >= 4 is 46.9 Å². The van der Waals surface area contributed by atoms with E-state index < -0.39 is 30.9 Å². The zero-order chi connectivity index (χ0) is 20.7. The molecule has 0 spiro atoms. The fourth-order valence-electron chi connectivity index (χ4n) is 2.37. The second kappa shape index (κ2) is 10.3. The van der Waals surface area contributed by atoms with E-state index in [9.17, 15) is 19.2 Å². The van der Waals surface area contributed by atoms with Crippen molar-refractivity contribution in [2.75, 3.05) is 19.7 Å². The fraction of sp³-hybridized carbons (Fsp3) is 0.444. The van der Waals surface area contributed by atoms with Crippen LogP contribution < -0.4 is 16.0 Å². The van der Waals surface area contributed by atoms with Crippen LogP contribution in [-0.4, -0.2) is 49.4 Å². The molecule has 0 aliphatic heterocycles. The van der Waals surface area contributed by atoms with Gasteiger partial charge in [0.05, 0.1) is 17.1 Å². The number of carbonyl (C=O) groups is 4. The van der Waals surface area contributed by atoms with Gasteiger partial charge < -0.3 is 20.7 Å². The SMILES string of the molecule is CC(NC(=O)COC(=O)CNC(=O)CNC(=O)c1ccc(Cl)cc1Cl)C1CC1. The van der Waals surface area contributed by atoms with Gasteiger partial charge in [0.1, 0.15) is 6.54 Å². The summed E-state index contributed by atoms with van der Waals surface area (Å²) in [7, 11) is 0. The van der Waals surface area contributed by atoms with Crippen molar-refractivity contribution in [3.63, 3.8) is 0 Å². The summed E-state index contributed by atoms with van der Waals surface area (Å²) >= 11 is 11.7. The normalized spacial score (nSPS) is 14.0. The van der Waals surface area contributed by atoms with E-state index in [0.29, 0.717) is 10.9 Å². The second-order valence-electron chi connectivity index (χ2n) is 6.44. The Morgan fingerprint density at radius 2 is 1.82 bits per heavy atom. The average Bonchev–Trinajstić information content (AvgIpc) is 3.48. The first-order chi connectivity index (χ1) is 13.3. The van der Waals surface area contributed by atoms with E-state index in [1.165, 1.54) is 18.2 Å². The minimum atomic E-state index is -0.755. The van der Waals surface area contributed by atoms with Crippen molar-refractivity contribution in [3.8, 4) is 0 Å². The molecular weight excluding hydrogens is 409 g/mol. The first-order valence-corrected chi connectivity index (χ1v) is 9.46. The van der Waals surface area contributed by atoms with Crippen molar-refractivity contribution in [2.45, 2.75) is 25.8 Å². The Labute approximate surface area is 172 Å². The lowest BCUT2D eigenvalue weighted by molar-refractivity contribution is -0.148. The van der Waals surface area contributed by atoms with Crippen LogP contribution >= 0.6 is 23.2 Å². The molecule has 1 aliphatic carbocycles. The summed E-state index contributed by atoms with van der Waals surface area (Å²) in [6.45, 7) is 0.729. The first-order valence-electron chi connectivity index (χ1n) is 8.71. The highest BCUT2D eigenvalue weighted by molar-refractivity contribution is 6.36. The summed E-state index contributed by atoms with van der Waals surface area (Å²) in [6, 6.07) is 4.41. The van der Waals surface area contributed by atoms with Crippen molar-refractivity contribution in [1.82, 2.24) is 16.0 Å². The van der Waals surface area contributed by atoms with Gasteiger partial charge in [-0.25, -0.2) is 0 Å². The topological polar surface area (TPSA) is 114 Å². The van der Waals surface area contributed by atoms with Gasteiger partial charge in [-0.2, -0.15) is 0 Å². The lowest BCUT2D eigenvalue weighted by atomic mass is 10.2. The van der Waals surface area contributed by atoms with E-state index in [1.807, 2.05) is 6.92 Å². The lowest BCUT2D eigenvalue weighted by Crippen LogP contribution is -2.41. The molecule has 0 heterocycles. The number of carbonyl (C=O) groups excluding carboxylic acids is 4.